The van der Waals surface area contributed by atoms with E-state index in [1.807, 2.05) is 0 Å². The highest BCUT2D eigenvalue weighted by Gasteiger charge is 2.19. The first-order valence-electron chi connectivity index (χ1n) is 6.05. The van der Waals surface area contributed by atoms with E-state index in [2.05, 4.69) is 0 Å². The van der Waals surface area contributed by atoms with Gasteiger partial charge in [0.15, 0.2) is 5.78 Å². The van der Waals surface area contributed by atoms with Gasteiger partial charge in [0.1, 0.15) is 5.82 Å². The van der Waals surface area contributed by atoms with E-state index in [0.29, 0.717) is 12.3 Å². The Bertz CT molecular complexity index is 367. The van der Waals surface area contributed by atoms with Gasteiger partial charge in [-0.05, 0) is 18.1 Å². The molecule has 1 fully saturated rings. The summed E-state index contributed by atoms with van der Waals surface area (Å²) >= 11 is 0. The molecule has 1 aliphatic rings. The van der Waals surface area contributed by atoms with Gasteiger partial charge in [-0.3, -0.25) is 4.79 Å². The number of ketones is 1. The lowest BCUT2D eigenvalue weighted by Gasteiger charge is -2.20. The van der Waals surface area contributed by atoms with Gasteiger partial charge in [-0.25, -0.2) is 4.39 Å². The Morgan fingerprint density at radius 1 is 1.19 bits per heavy atom. The Morgan fingerprint density at radius 2 is 1.88 bits per heavy atom. The quantitative estimate of drug-likeness (QED) is 0.704. The van der Waals surface area contributed by atoms with Crippen LogP contribution in [0.5, 0.6) is 0 Å². The molecular weight excluding hydrogens is 203 g/mol. The van der Waals surface area contributed by atoms with Crippen LogP contribution in [-0.4, -0.2) is 5.78 Å². The fourth-order valence-electron chi connectivity index (χ4n) is 2.45. The first kappa shape index (κ1) is 11.3. The summed E-state index contributed by atoms with van der Waals surface area (Å²) < 4.78 is 13.4. The van der Waals surface area contributed by atoms with E-state index < -0.39 is 0 Å². The first-order chi connectivity index (χ1) is 7.77. The maximum Gasteiger partial charge on any atom is 0.166 e. The molecule has 0 atom stereocenters. The molecule has 1 aromatic rings. The van der Waals surface area contributed by atoms with Gasteiger partial charge in [-0.15, -0.1) is 0 Å². The summed E-state index contributed by atoms with van der Waals surface area (Å²) in [5.74, 6) is 0.0502. The maximum absolute atomic E-state index is 13.4. The molecule has 0 unspecified atom stereocenters. The van der Waals surface area contributed by atoms with Crippen molar-refractivity contribution in [2.45, 2.75) is 38.5 Å². The highest BCUT2D eigenvalue weighted by atomic mass is 19.1. The van der Waals surface area contributed by atoms with Crippen LogP contribution in [0.2, 0.25) is 0 Å². The Kier molecular flexibility index (Phi) is 3.70. The maximum atomic E-state index is 13.4. The van der Waals surface area contributed by atoms with E-state index >= 15 is 0 Å². The lowest BCUT2D eigenvalue weighted by atomic mass is 9.85. The largest absolute Gasteiger partial charge is 0.294 e. The predicted molar refractivity (Wildman–Crippen MR) is 61.9 cm³/mol. The smallest absolute Gasteiger partial charge is 0.166 e. The van der Waals surface area contributed by atoms with Crippen molar-refractivity contribution < 1.29 is 9.18 Å². The molecule has 1 aliphatic carbocycles. The highest BCUT2D eigenvalue weighted by molar-refractivity contribution is 5.96. The molecule has 0 saturated heterocycles. The molecule has 86 valence electrons. The van der Waals surface area contributed by atoms with Crippen molar-refractivity contribution in [1.29, 1.82) is 0 Å². The number of carbonyl (C=O) groups excluding carboxylic acids is 1. The van der Waals surface area contributed by atoms with Crippen molar-refractivity contribution in [2.75, 3.05) is 0 Å². The Hall–Kier alpha value is -1.18. The molecule has 0 radical (unpaired) electrons. The van der Waals surface area contributed by atoms with E-state index in [9.17, 15) is 9.18 Å². The average molecular weight is 220 g/mol. The number of carbonyl (C=O) groups is 1. The Balaban J connectivity index is 2.00. The van der Waals surface area contributed by atoms with E-state index in [0.717, 1.165) is 12.8 Å². The van der Waals surface area contributed by atoms with Crippen LogP contribution in [0.15, 0.2) is 24.3 Å². The van der Waals surface area contributed by atoms with Crippen LogP contribution in [0.25, 0.3) is 0 Å². The molecule has 2 rings (SSSR count). The summed E-state index contributed by atoms with van der Waals surface area (Å²) in [6.07, 6.45) is 6.48. The van der Waals surface area contributed by atoms with Gasteiger partial charge in [0.05, 0.1) is 5.56 Å². The molecular formula is C14H17FO. The number of hydrogen-bond acceptors (Lipinski definition) is 1. The Labute approximate surface area is 95.7 Å². The van der Waals surface area contributed by atoms with Crippen LogP contribution in [0.1, 0.15) is 48.9 Å². The van der Waals surface area contributed by atoms with Gasteiger partial charge in [0, 0.05) is 6.42 Å². The van der Waals surface area contributed by atoms with E-state index in [1.54, 1.807) is 18.2 Å². The normalized spacial score (nSPS) is 17.3. The minimum absolute atomic E-state index is 0.0370. The van der Waals surface area contributed by atoms with Crippen LogP contribution >= 0.6 is 0 Å². The molecule has 0 aromatic heterocycles. The zero-order chi connectivity index (χ0) is 11.4. The minimum atomic E-state index is -0.386. The molecule has 0 aliphatic heterocycles. The summed E-state index contributed by atoms with van der Waals surface area (Å²) in [6.45, 7) is 0. The zero-order valence-corrected chi connectivity index (χ0v) is 9.42. The van der Waals surface area contributed by atoms with E-state index in [-0.39, 0.29) is 17.2 Å². The van der Waals surface area contributed by atoms with Crippen molar-refractivity contribution in [1.82, 2.24) is 0 Å². The van der Waals surface area contributed by atoms with Crippen molar-refractivity contribution in [3.63, 3.8) is 0 Å². The molecule has 2 heteroatoms. The summed E-state index contributed by atoms with van der Waals surface area (Å²) in [5, 5.41) is 0. The number of halogens is 1. The SMILES string of the molecule is O=C(CC1CCCCC1)c1ccccc1F. The van der Waals surface area contributed by atoms with Crippen LogP contribution < -0.4 is 0 Å². The van der Waals surface area contributed by atoms with Gasteiger partial charge in [0.2, 0.25) is 0 Å². The minimum Gasteiger partial charge on any atom is -0.294 e. The van der Waals surface area contributed by atoms with Gasteiger partial charge in [-0.2, -0.15) is 0 Å². The van der Waals surface area contributed by atoms with E-state index in [4.69, 9.17) is 0 Å². The lowest BCUT2D eigenvalue weighted by Crippen LogP contribution is -2.13. The van der Waals surface area contributed by atoms with Crippen molar-refractivity contribution >= 4 is 5.78 Å². The van der Waals surface area contributed by atoms with Crippen molar-refractivity contribution in [3.8, 4) is 0 Å². The summed E-state index contributed by atoms with van der Waals surface area (Å²) in [7, 11) is 0. The molecule has 0 heterocycles. The van der Waals surface area contributed by atoms with Crippen molar-refractivity contribution in [2.24, 2.45) is 5.92 Å². The Morgan fingerprint density at radius 3 is 2.56 bits per heavy atom. The van der Waals surface area contributed by atoms with Gasteiger partial charge in [-0.1, -0.05) is 44.2 Å². The topological polar surface area (TPSA) is 17.1 Å². The second kappa shape index (κ2) is 5.24. The third kappa shape index (κ3) is 2.69. The molecule has 0 N–H and O–H groups in total. The number of Topliss-reactive ketones (excluding diaryl/α,β-unsaturated/α-hetero) is 1. The molecule has 0 spiro atoms. The molecule has 1 aromatic carbocycles. The fourth-order valence-corrected chi connectivity index (χ4v) is 2.45. The third-order valence-electron chi connectivity index (χ3n) is 3.37. The predicted octanol–water partition coefficient (Wildman–Crippen LogP) is 3.98. The first-order valence-corrected chi connectivity index (χ1v) is 6.05. The van der Waals surface area contributed by atoms with Gasteiger partial charge >= 0.3 is 0 Å². The molecule has 1 nitrogen and oxygen atoms in total. The summed E-state index contributed by atoms with van der Waals surface area (Å²) in [6, 6.07) is 6.28. The van der Waals surface area contributed by atoms with E-state index in [1.165, 1.54) is 25.3 Å². The molecule has 0 amide bonds. The fraction of sp³-hybridized carbons (Fsp3) is 0.500. The number of benzene rings is 1. The highest BCUT2D eigenvalue weighted by Crippen LogP contribution is 2.27. The van der Waals surface area contributed by atoms with Crippen LogP contribution in [0.4, 0.5) is 4.39 Å². The number of hydrogen-bond donors (Lipinski definition) is 0. The average Bonchev–Trinajstić information content (AvgIpc) is 2.31. The zero-order valence-electron chi connectivity index (χ0n) is 9.42. The van der Waals surface area contributed by atoms with Gasteiger partial charge < -0.3 is 0 Å². The lowest BCUT2D eigenvalue weighted by molar-refractivity contribution is 0.0946. The second-order valence-corrected chi connectivity index (χ2v) is 4.61. The summed E-state index contributed by atoms with van der Waals surface area (Å²) in [5.41, 5.74) is 0.257. The van der Waals surface area contributed by atoms with Crippen LogP contribution in [0.3, 0.4) is 0 Å². The van der Waals surface area contributed by atoms with Crippen LogP contribution in [0, 0.1) is 11.7 Å². The summed E-state index contributed by atoms with van der Waals surface area (Å²) in [4.78, 5) is 11.9. The third-order valence-corrected chi connectivity index (χ3v) is 3.37. The molecule has 1 saturated carbocycles. The monoisotopic (exact) mass is 220 g/mol. The standard InChI is InChI=1S/C14H17FO/c15-13-9-5-4-8-12(13)14(16)10-11-6-2-1-3-7-11/h4-5,8-9,11H,1-3,6-7,10H2. The van der Waals surface area contributed by atoms with Crippen molar-refractivity contribution in [3.05, 3.63) is 35.6 Å². The van der Waals surface area contributed by atoms with Crippen LogP contribution in [-0.2, 0) is 0 Å². The van der Waals surface area contributed by atoms with Gasteiger partial charge in [0.25, 0.3) is 0 Å². The second-order valence-electron chi connectivity index (χ2n) is 4.61. The molecule has 0 bridgehead atoms. The molecule has 16 heavy (non-hydrogen) atoms. The number of rotatable bonds is 3.